The summed E-state index contributed by atoms with van der Waals surface area (Å²) in [5.74, 6) is -3.80. The third kappa shape index (κ3) is 3.54. The molecule has 76 valence electrons. The van der Waals surface area contributed by atoms with Gasteiger partial charge in [-0.3, -0.25) is 0 Å². The van der Waals surface area contributed by atoms with Crippen LogP contribution in [0.15, 0.2) is 12.2 Å². The zero-order chi connectivity index (χ0) is 10.6. The molecule has 0 fully saturated rings. The Kier molecular flexibility index (Phi) is 4.06. The molecule has 3 N–H and O–H groups in total. The first-order valence-corrected chi connectivity index (χ1v) is 3.83. The number of aliphatic hydroxyl groups excluding tert-OH is 1. The fourth-order valence-corrected chi connectivity index (χ4v) is 0.557. The average molecular weight is 190 g/mol. The number of carbonyl (C=O) groups is 1. The van der Waals surface area contributed by atoms with Crippen LogP contribution in [-0.4, -0.2) is 33.4 Å². The van der Waals surface area contributed by atoms with Crippen molar-refractivity contribution in [1.29, 1.82) is 0 Å². The first kappa shape index (κ1) is 12.1. The predicted octanol–water partition coefficient (Wildman–Crippen LogP) is -0.485. The van der Waals surface area contributed by atoms with Crippen molar-refractivity contribution in [3.05, 3.63) is 12.2 Å². The summed E-state index contributed by atoms with van der Waals surface area (Å²) in [4.78, 5) is 10.8. The smallest absolute Gasteiger partial charge is 0.351 e. The number of hydrogen-bond donors (Lipinski definition) is 3. The first-order chi connectivity index (χ1) is 5.81. The van der Waals surface area contributed by atoms with Gasteiger partial charge in [-0.25, -0.2) is 4.79 Å². The lowest BCUT2D eigenvalue weighted by atomic mass is 10.2. The van der Waals surface area contributed by atoms with E-state index in [0.29, 0.717) is 0 Å². The summed E-state index contributed by atoms with van der Waals surface area (Å²) in [6.45, 7) is 6.12. The van der Waals surface area contributed by atoms with Gasteiger partial charge in [0.05, 0.1) is 0 Å². The molecule has 1 atom stereocenters. The highest BCUT2D eigenvalue weighted by molar-refractivity contribution is 5.87. The van der Waals surface area contributed by atoms with Crippen molar-refractivity contribution in [1.82, 2.24) is 0 Å². The van der Waals surface area contributed by atoms with Crippen molar-refractivity contribution in [3.63, 3.8) is 0 Å². The molecule has 0 aromatic rings. The van der Waals surface area contributed by atoms with Crippen molar-refractivity contribution in [2.24, 2.45) is 0 Å². The van der Waals surface area contributed by atoms with Crippen LogP contribution in [0, 0.1) is 0 Å². The zero-order valence-corrected chi connectivity index (χ0v) is 7.65. The highest BCUT2D eigenvalue weighted by Crippen LogP contribution is 2.13. The maximum absolute atomic E-state index is 10.8. The van der Waals surface area contributed by atoms with Crippen LogP contribution in [-0.2, 0) is 9.53 Å². The summed E-state index contributed by atoms with van der Waals surface area (Å²) in [6, 6.07) is 0. The third-order valence-corrected chi connectivity index (χ3v) is 1.41. The van der Waals surface area contributed by atoms with Crippen molar-refractivity contribution >= 4 is 5.97 Å². The SMILES string of the molecule is C=C(C)C(=O)OC(O)(O)C(O)CC. The second-order valence-corrected chi connectivity index (χ2v) is 2.75. The Hall–Kier alpha value is -0.910. The molecule has 0 bridgehead atoms. The first-order valence-electron chi connectivity index (χ1n) is 3.83. The van der Waals surface area contributed by atoms with Crippen molar-refractivity contribution in [3.8, 4) is 0 Å². The molecule has 0 heterocycles. The number of carbonyl (C=O) groups excluding carboxylic acids is 1. The molecule has 5 heteroatoms. The highest BCUT2D eigenvalue weighted by atomic mass is 16.8. The van der Waals surface area contributed by atoms with E-state index in [1.54, 1.807) is 0 Å². The van der Waals surface area contributed by atoms with Crippen LogP contribution in [0.1, 0.15) is 20.3 Å². The van der Waals surface area contributed by atoms with Gasteiger partial charge in [-0.2, -0.15) is 0 Å². The van der Waals surface area contributed by atoms with Gasteiger partial charge in [0.25, 0.3) is 0 Å². The minimum atomic E-state index is -2.84. The topological polar surface area (TPSA) is 87.0 Å². The molecule has 0 rings (SSSR count). The normalized spacial score (nSPS) is 13.6. The molecular weight excluding hydrogens is 176 g/mol. The minimum absolute atomic E-state index is 0.0239. The Balaban J connectivity index is 4.33. The van der Waals surface area contributed by atoms with Gasteiger partial charge < -0.3 is 20.1 Å². The van der Waals surface area contributed by atoms with Gasteiger partial charge in [0.15, 0.2) is 0 Å². The standard InChI is InChI=1S/C8H14O5/c1-4-6(9)8(11,12)13-7(10)5(2)3/h6,9,11-12H,2,4H2,1,3H3. The molecule has 13 heavy (non-hydrogen) atoms. The lowest BCUT2D eigenvalue weighted by Gasteiger charge is -2.25. The summed E-state index contributed by atoms with van der Waals surface area (Å²) in [7, 11) is 0. The minimum Gasteiger partial charge on any atom is -0.402 e. The molecule has 0 saturated carbocycles. The molecule has 0 saturated heterocycles. The van der Waals surface area contributed by atoms with Crippen molar-refractivity contribution in [2.75, 3.05) is 0 Å². The second-order valence-electron chi connectivity index (χ2n) is 2.75. The maximum Gasteiger partial charge on any atom is 0.351 e. The van der Waals surface area contributed by atoms with E-state index >= 15 is 0 Å². The molecule has 5 nitrogen and oxygen atoms in total. The quantitative estimate of drug-likeness (QED) is 0.316. The van der Waals surface area contributed by atoms with Gasteiger partial charge >= 0.3 is 11.9 Å². The number of rotatable bonds is 4. The number of hydrogen-bond acceptors (Lipinski definition) is 5. The van der Waals surface area contributed by atoms with Crippen LogP contribution in [0.4, 0.5) is 0 Å². The van der Waals surface area contributed by atoms with Gasteiger partial charge in [0.1, 0.15) is 6.10 Å². The molecule has 1 unspecified atom stereocenters. The fourth-order valence-electron chi connectivity index (χ4n) is 0.557. The largest absolute Gasteiger partial charge is 0.402 e. The number of aliphatic hydroxyl groups is 3. The Morgan fingerprint density at radius 2 is 2.08 bits per heavy atom. The van der Waals surface area contributed by atoms with Crippen LogP contribution in [0.2, 0.25) is 0 Å². The van der Waals surface area contributed by atoms with E-state index in [4.69, 9.17) is 15.3 Å². The predicted molar refractivity (Wildman–Crippen MR) is 44.4 cm³/mol. The van der Waals surface area contributed by atoms with E-state index in [9.17, 15) is 4.79 Å². The van der Waals surface area contributed by atoms with Crippen LogP contribution in [0.25, 0.3) is 0 Å². The van der Waals surface area contributed by atoms with Crippen LogP contribution in [0.5, 0.6) is 0 Å². The summed E-state index contributed by atoms with van der Waals surface area (Å²) >= 11 is 0. The highest BCUT2D eigenvalue weighted by Gasteiger charge is 2.36. The molecule has 0 aliphatic heterocycles. The van der Waals surface area contributed by atoms with E-state index in [1.165, 1.54) is 13.8 Å². The van der Waals surface area contributed by atoms with Gasteiger partial charge in [0.2, 0.25) is 0 Å². The maximum atomic E-state index is 10.8. The van der Waals surface area contributed by atoms with Gasteiger partial charge in [-0.1, -0.05) is 13.5 Å². The Morgan fingerprint density at radius 3 is 2.38 bits per heavy atom. The Labute approximate surface area is 76.3 Å². The van der Waals surface area contributed by atoms with E-state index < -0.39 is 18.0 Å². The van der Waals surface area contributed by atoms with Gasteiger partial charge in [-0.05, 0) is 13.3 Å². The van der Waals surface area contributed by atoms with Crippen molar-refractivity contribution in [2.45, 2.75) is 32.3 Å². The molecule has 0 aromatic heterocycles. The van der Waals surface area contributed by atoms with E-state index in [0.717, 1.165) is 0 Å². The molecule has 0 radical (unpaired) electrons. The summed E-state index contributed by atoms with van der Waals surface area (Å²) in [5, 5.41) is 27.1. The molecule has 0 aliphatic rings. The Morgan fingerprint density at radius 1 is 1.62 bits per heavy atom. The molecule has 0 amide bonds. The fraction of sp³-hybridized carbons (Fsp3) is 0.625. The third-order valence-electron chi connectivity index (χ3n) is 1.41. The van der Waals surface area contributed by atoms with E-state index in [2.05, 4.69) is 11.3 Å². The molecular formula is C8H14O5. The number of ether oxygens (including phenoxy) is 1. The van der Waals surface area contributed by atoms with E-state index in [1.807, 2.05) is 0 Å². The van der Waals surface area contributed by atoms with Crippen LogP contribution in [0.3, 0.4) is 0 Å². The molecule has 0 aromatic carbocycles. The van der Waals surface area contributed by atoms with Crippen molar-refractivity contribution < 1.29 is 24.9 Å². The van der Waals surface area contributed by atoms with E-state index in [-0.39, 0.29) is 12.0 Å². The lowest BCUT2D eigenvalue weighted by Crippen LogP contribution is -2.46. The van der Waals surface area contributed by atoms with Crippen LogP contribution < -0.4 is 0 Å². The summed E-state index contributed by atoms with van der Waals surface area (Å²) < 4.78 is 4.17. The average Bonchev–Trinajstić information content (AvgIpc) is 2.01. The zero-order valence-electron chi connectivity index (χ0n) is 7.65. The summed E-state index contributed by atoms with van der Waals surface area (Å²) in [5.41, 5.74) is 0.0239. The molecule has 0 spiro atoms. The van der Waals surface area contributed by atoms with Gasteiger partial charge in [0, 0.05) is 5.57 Å². The number of esters is 1. The lowest BCUT2D eigenvalue weighted by molar-refractivity contribution is -0.356. The Bertz CT molecular complexity index is 209. The monoisotopic (exact) mass is 190 g/mol. The van der Waals surface area contributed by atoms with Gasteiger partial charge in [-0.15, -0.1) is 0 Å². The second kappa shape index (κ2) is 4.36. The molecule has 0 aliphatic carbocycles. The van der Waals surface area contributed by atoms with Crippen LogP contribution >= 0.6 is 0 Å². The summed E-state index contributed by atoms with van der Waals surface area (Å²) in [6.07, 6.45) is -1.48.